The number of fused-ring (bicyclic) bond motifs is 1. The number of hydrogen-bond acceptors (Lipinski definition) is 4. The smallest absolute Gasteiger partial charge is 0.222 e. The van der Waals surface area contributed by atoms with Gasteiger partial charge in [-0.3, -0.25) is 4.79 Å². The quantitative estimate of drug-likeness (QED) is 0.239. The molecule has 2 N–H and O–H groups in total. The lowest BCUT2D eigenvalue weighted by molar-refractivity contribution is -0.130. The number of hydrogen-bond donors (Lipinski definition) is 2. The molecule has 37 heavy (non-hydrogen) atoms. The molecule has 0 fully saturated rings. The van der Waals surface area contributed by atoms with Crippen LogP contribution >= 0.6 is 0 Å². The maximum atomic E-state index is 12.1. The summed E-state index contributed by atoms with van der Waals surface area (Å²) in [5, 5.41) is 19.7. The van der Waals surface area contributed by atoms with Crippen molar-refractivity contribution in [1.82, 2.24) is 4.90 Å². The van der Waals surface area contributed by atoms with E-state index in [-0.39, 0.29) is 23.3 Å². The SMILES string of the molecule is CCCCN(C)C(=O)CCCCCCCCCCC1=C(c2ccc(O)cc2)C(C)c2ccc(O)cc2O1. The number of benzene rings is 2. The molecule has 2 aromatic rings. The molecule has 3 rings (SSSR count). The van der Waals surface area contributed by atoms with E-state index < -0.39 is 0 Å². The number of nitrogens with zero attached hydrogens (tertiary/aromatic N) is 1. The van der Waals surface area contributed by atoms with Crippen LogP contribution in [0.3, 0.4) is 0 Å². The van der Waals surface area contributed by atoms with Crippen LogP contribution in [0.5, 0.6) is 17.2 Å². The second kappa shape index (κ2) is 14.7. The van der Waals surface area contributed by atoms with Crippen LogP contribution in [-0.4, -0.2) is 34.6 Å². The number of unbranched alkanes of at least 4 members (excludes halogenated alkanes) is 8. The Hall–Kier alpha value is -2.95. The van der Waals surface area contributed by atoms with E-state index in [0.717, 1.165) is 79.7 Å². The van der Waals surface area contributed by atoms with Crippen LogP contribution in [0.15, 0.2) is 48.2 Å². The van der Waals surface area contributed by atoms with Crippen molar-refractivity contribution in [2.24, 2.45) is 0 Å². The van der Waals surface area contributed by atoms with E-state index >= 15 is 0 Å². The van der Waals surface area contributed by atoms with E-state index in [1.54, 1.807) is 24.3 Å². The Bertz CT molecular complexity index is 1030. The first-order valence-corrected chi connectivity index (χ1v) is 14.2. The average Bonchev–Trinajstić information content (AvgIpc) is 2.88. The minimum Gasteiger partial charge on any atom is -0.508 e. The van der Waals surface area contributed by atoms with E-state index in [2.05, 4.69) is 13.8 Å². The van der Waals surface area contributed by atoms with Crippen LogP contribution in [0.25, 0.3) is 5.57 Å². The van der Waals surface area contributed by atoms with E-state index in [1.165, 1.54) is 25.7 Å². The summed E-state index contributed by atoms with van der Waals surface area (Å²) in [6, 6.07) is 12.7. The standard InChI is InChI=1S/C32H45NO4/c1-4-5-22-33(3)31(36)15-13-11-9-7-6-8-10-12-14-29-32(25-16-18-26(34)19-17-25)24(2)28-21-20-27(35)23-30(28)37-29/h16-21,23-24,34-35H,4-15,22H2,1-3H3. The van der Waals surface area contributed by atoms with Gasteiger partial charge < -0.3 is 19.8 Å². The predicted molar refractivity (Wildman–Crippen MR) is 151 cm³/mol. The molecule has 5 heteroatoms. The van der Waals surface area contributed by atoms with Gasteiger partial charge in [-0.2, -0.15) is 0 Å². The number of rotatable bonds is 15. The van der Waals surface area contributed by atoms with Crippen LogP contribution in [0, 0.1) is 0 Å². The molecule has 0 radical (unpaired) electrons. The van der Waals surface area contributed by atoms with Gasteiger partial charge >= 0.3 is 0 Å². The molecule has 2 aromatic carbocycles. The summed E-state index contributed by atoms with van der Waals surface area (Å²) in [5.74, 6) is 2.59. The molecule has 0 spiro atoms. The van der Waals surface area contributed by atoms with Gasteiger partial charge in [0.25, 0.3) is 0 Å². The predicted octanol–water partition coefficient (Wildman–Crippen LogP) is 8.16. The van der Waals surface area contributed by atoms with Crippen molar-refractivity contribution < 1.29 is 19.7 Å². The second-order valence-electron chi connectivity index (χ2n) is 10.4. The maximum Gasteiger partial charge on any atom is 0.222 e. The normalized spacial score (nSPS) is 14.8. The van der Waals surface area contributed by atoms with Crippen molar-refractivity contribution in [3.63, 3.8) is 0 Å². The minimum atomic E-state index is 0.141. The lowest BCUT2D eigenvalue weighted by Crippen LogP contribution is -2.27. The molecule has 202 valence electrons. The molecule has 1 aliphatic rings. The molecular weight excluding hydrogens is 462 g/mol. The van der Waals surface area contributed by atoms with Crippen molar-refractivity contribution in [2.45, 2.75) is 96.8 Å². The van der Waals surface area contributed by atoms with E-state index in [1.807, 2.05) is 30.1 Å². The number of carbonyl (C=O) groups excluding carboxylic acids is 1. The summed E-state index contributed by atoms with van der Waals surface area (Å²) in [4.78, 5) is 14.0. The Labute approximate surface area is 223 Å². The molecule has 0 bridgehead atoms. The van der Waals surface area contributed by atoms with Gasteiger partial charge in [-0.15, -0.1) is 0 Å². The fourth-order valence-corrected chi connectivity index (χ4v) is 5.12. The summed E-state index contributed by atoms with van der Waals surface area (Å²) in [5.41, 5.74) is 3.29. The zero-order valence-corrected chi connectivity index (χ0v) is 23.0. The highest BCUT2D eigenvalue weighted by Gasteiger charge is 2.27. The third-order valence-corrected chi connectivity index (χ3v) is 7.43. The van der Waals surface area contributed by atoms with Crippen molar-refractivity contribution in [3.8, 4) is 17.2 Å². The Morgan fingerprint density at radius 2 is 1.49 bits per heavy atom. The van der Waals surface area contributed by atoms with Crippen molar-refractivity contribution in [1.29, 1.82) is 0 Å². The fraction of sp³-hybridized carbons (Fsp3) is 0.531. The average molecular weight is 508 g/mol. The summed E-state index contributed by atoms with van der Waals surface area (Å²) in [6.07, 6.45) is 12.9. The first kappa shape index (κ1) is 28.6. The van der Waals surface area contributed by atoms with Crippen molar-refractivity contribution >= 4 is 11.5 Å². The molecule has 1 aliphatic heterocycles. The highest BCUT2D eigenvalue weighted by molar-refractivity contribution is 5.77. The Morgan fingerprint density at radius 1 is 0.865 bits per heavy atom. The van der Waals surface area contributed by atoms with Crippen LogP contribution in [0.4, 0.5) is 0 Å². The minimum absolute atomic E-state index is 0.141. The van der Waals surface area contributed by atoms with Crippen LogP contribution in [0.2, 0.25) is 0 Å². The fourth-order valence-electron chi connectivity index (χ4n) is 5.12. The number of phenolic OH excluding ortho intramolecular Hbond substituents is 2. The highest BCUT2D eigenvalue weighted by Crippen LogP contribution is 2.46. The van der Waals surface area contributed by atoms with E-state index in [0.29, 0.717) is 6.42 Å². The molecular formula is C32H45NO4. The highest BCUT2D eigenvalue weighted by atomic mass is 16.5. The van der Waals surface area contributed by atoms with Gasteiger partial charge in [-0.05, 0) is 43.0 Å². The molecule has 0 aliphatic carbocycles. The molecule has 1 unspecified atom stereocenters. The van der Waals surface area contributed by atoms with Crippen molar-refractivity contribution in [2.75, 3.05) is 13.6 Å². The zero-order chi connectivity index (χ0) is 26.6. The Balaban J connectivity index is 1.42. The van der Waals surface area contributed by atoms with Gasteiger partial charge in [-0.25, -0.2) is 0 Å². The zero-order valence-electron chi connectivity index (χ0n) is 23.0. The van der Waals surface area contributed by atoms with Gasteiger partial charge in [0, 0.05) is 49.6 Å². The molecule has 5 nitrogen and oxygen atoms in total. The number of carbonyl (C=O) groups is 1. The van der Waals surface area contributed by atoms with Gasteiger partial charge in [0.1, 0.15) is 23.0 Å². The molecule has 1 heterocycles. The third kappa shape index (κ3) is 8.55. The van der Waals surface area contributed by atoms with E-state index in [9.17, 15) is 15.0 Å². The lowest BCUT2D eigenvalue weighted by Gasteiger charge is -2.29. The molecule has 1 amide bonds. The molecule has 0 aromatic heterocycles. The number of phenols is 2. The largest absolute Gasteiger partial charge is 0.508 e. The molecule has 0 saturated carbocycles. The summed E-state index contributed by atoms with van der Waals surface area (Å²) in [7, 11) is 1.92. The monoisotopic (exact) mass is 507 g/mol. The van der Waals surface area contributed by atoms with Crippen LogP contribution in [0.1, 0.15) is 108 Å². The number of aromatic hydroxyl groups is 2. The second-order valence-corrected chi connectivity index (χ2v) is 10.4. The first-order valence-electron chi connectivity index (χ1n) is 14.2. The third-order valence-electron chi connectivity index (χ3n) is 7.43. The Morgan fingerprint density at radius 3 is 2.16 bits per heavy atom. The first-order chi connectivity index (χ1) is 17.9. The topological polar surface area (TPSA) is 70.0 Å². The summed E-state index contributed by atoms with van der Waals surface area (Å²) >= 11 is 0. The van der Waals surface area contributed by atoms with Gasteiger partial charge in [0.2, 0.25) is 5.91 Å². The number of amides is 1. The van der Waals surface area contributed by atoms with Gasteiger partial charge in [-0.1, -0.05) is 77.0 Å². The number of ether oxygens (including phenoxy) is 1. The molecule has 1 atom stereocenters. The number of allylic oxidation sites excluding steroid dienone is 2. The van der Waals surface area contributed by atoms with E-state index in [4.69, 9.17) is 4.74 Å². The lowest BCUT2D eigenvalue weighted by atomic mass is 9.84. The van der Waals surface area contributed by atoms with Gasteiger partial charge in [0.05, 0.1) is 0 Å². The maximum absolute atomic E-state index is 12.1. The van der Waals surface area contributed by atoms with Crippen LogP contribution in [-0.2, 0) is 4.79 Å². The summed E-state index contributed by atoms with van der Waals surface area (Å²) < 4.78 is 6.34. The van der Waals surface area contributed by atoms with Gasteiger partial charge in [0.15, 0.2) is 0 Å². The molecule has 0 saturated heterocycles. The Kier molecular flexibility index (Phi) is 11.4. The van der Waals surface area contributed by atoms with Crippen LogP contribution < -0.4 is 4.74 Å². The van der Waals surface area contributed by atoms with Crippen molar-refractivity contribution in [3.05, 3.63) is 59.4 Å². The summed E-state index contributed by atoms with van der Waals surface area (Å²) in [6.45, 7) is 5.21.